The number of methoxy groups -OCH3 is 2. The fourth-order valence-corrected chi connectivity index (χ4v) is 3.39. The number of hydrogen-bond donors (Lipinski definition) is 1. The van der Waals surface area contributed by atoms with Crippen molar-refractivity contribution >= 4 is 5.82 Å². The van der Waals surface area contributed by atoms with Gasteiger partial charge >= 0.3 is 0 Å². The molecule has 2 aromatic carbocycles. The Bertz CT molecular complexity index is 995. The van der Waals surface area contributed by atoms with Crippen LogP contribution in [0.15, 0.2) is 42.5 Å². The van der Waals surface area contributed by atoms with E-state index in [0.717, 1.165) is 41.3 Å². The van der Waals surface area contributed by atoms with E-state index < -0.39 is 0 Å². The highest BCUT2D eigenvalue weighted by molar-refractivity contribution is 5.81. The molecule has 0 amide bonds. The minimum Gasteiger partial charge on any atom is -0.496 e. The lowest BCUT2D eigenvalue weighted by molar-refractivity contribution is 0.397. The smallest absolute Gasteiger partial charge is 0.133 e. The summed E-state index contributed by atoms with van der Waals surface area (Å²) in [6.07, 6.45) is 0.848. The summed E-state index contributed by atoms with van der Waals surface area (Å²) in [4.78, 5) is 0. The van der Waals surface area contributed by atoms with Crippen molar-refractivity contribution in [2.45, 2.75) is 6.42 Å². The standard InChI is InChI=1S/C20H18N4O2/c1-25-16-8-5-9-17(26-2)18(16)19-14-10-11-22-20(14)24(23-19)15-7-4-3-6-13(15)12-21/h3-9,22H,10-11H2,1-2H3. The largest absolute Gasteiger partial charge is 0.496 e. The van der Waals surface area contributed by atoms with Crippen molar-refractivity contribution in [1.29, 1.82) is 5.26 Å². The SMILES string of the molecule is COc1cccc(OC)c1-c1nn(-c2ccccc2C#N)c2c1CCN2. The quantitative estimate of drug-likeness (QED) is 0.784. The number of para-hydroxylation sites is 1. The van der Waals surface area contributed by atoms with Gasteiger partial charge in [0.05, 0.1) is 31.0 Å². The molecule has 1 aliphatic heterocycles. The Balaban J connectivity index is 1.99. The van der Waals surface area contributed by atoms with Gasteiger partial charge in [-0.25, -0.2) is 4.68 Å². The van der Waals surface area contributed by atoms with Gasteiger partial charge in [0.25, 0.3) is 0 Å². The normalized spacial score (nSPS) is 12.2. The third-order valence-corrected chi connectivity index (χ3v) is 4.57. The minimum absolute atomic E-state index is 0.574. The molecule has 0 radical (unpaired) electrons. The van der Waals surface area contributed by atoms with Gasteiger partial charge in [0, 0.05) is 12.1 Å². The average molecular weight is 346 g/mol. The summed E-state index contributed by atoms with van der Waals surface area (Å²) in [6, 6.07) is 15.4. The summed E-state index contributed by atoms with van der Waals surface area (Å²) < 4.78 is 12.9. The molecule has 6 nitrogen and oxygen atoms in total. The Morgan fingerprint density at radius 2 is 1.81 bits per heavy atom. The van der Waals surface area contributed by atoms with E-state index in [-0.39, 0.29) is 0 Å². The van der Waals surface area contributed by atoms with Gasteiger partial charge in [-0.15, -0.1) is 0 Å². The van der Waals surface area contributed by atoms with Gasteiger partial charge in [0.2, 0.25) is 0 Å². The molecule has 0 atom stereocenters. The van der Waals surface area contributed by atoms with Crippen LogP contribution in [0.3, 0.4) is 0 Å². The number of hydrogen-bond acceptors (Lipinski definition) is 5. The third kappa shape index (κ3) is 2.37. The molecule has 3 aromatic rings. The van der Waals surface area contributed by atoms with Crippen LogP contribution in [0.2, 0.25) is 0 Å². The Kier molecular flexibility index (Phi) is 3.98. The van der Waals surface area contributed by atoms with Crippen LogP contribution in [0.25, 0.3) is 16.9 Å². The van der Waals surface area contributed by atoms with E-state index in [1.54, 1.807) is 20.3 Å². The lowest BCUT2D eigenvalue weighted by Crippen LogP contribution is -2.06. The number of benzene rings is 2. The summed E-state index contributed by atoms with van der Waals surface area (Å²) in [5, 5.41) is 17.7. The van der Waals surface area contributed by atoms with Crippen molar-refractivity contribution in [2.24, 2.45) is 0 Å². The molecule has 1 N–H and O–H groups in total. The predicted octanol–water partition coefficient (Wildman–Crippen LogP) is 3.40. The van der Waals surface area contributed by atoms with E-state index in [4.69, 9.17) is 14.6 Å². The van der Waals surface area contributed by atoms with Crippen LogP contribution >= 0.6 is 0 Å². The number of rotatable bonds is 4. The van der Waals surface area contributed by atoms with Crippen molar-refractivity contribution in [3.05, 3.63) is 53.6 Å². The molecule has 4 rings (SSSR count). The molecule has 130 valence electrons. The molecule has 1 aliphatic rings. The Morgan fingerprint density at radius 3 is 2.50 bits per heavy atom. The topological polar surface area (TPSA) is 72.1 Å². The lowest BCUT2D eigenvalue weighted by Gasteiger charge is -2.12. The number of nitrogens with zero attached hydrogens (tertiary/aromatic N) is 3. The van der Waals surface area contributed by atoms with Crippen molar-refractivity contribution in [2.75, 3.05) is 26.1 Å². The third-order valence-electron chi connectivity index (χ3n) is 4.57. The molecule has 26 heavy (non-hydrogen) atoms. The highest BCUT2D eigenvalue weighted by Gasteiger charge is 2.28. The molecule has 0 unspecified atom stereocenters. The van der Waals surface area contributed by atoms with Gasteiger partial charge in [0.1, 0.15) is 29.1 Å². The van der Waals surface area contributed by atoms with Gasteiger partial charge in [-0.1, -0.05) is 18.2 Å². The number of anilines is 1. The maximum Gasteiger partial charge on any atom is 0.133 e. The second-order valence-electron chi connectivity index (χ2n) is 5.93. The fraction of sp³-hybridized carbons (Fsp3) is 0.200. The number of nitriles is 1. The fourth-order valence-electron chi connectivity index (χ4n) is 3.39. The first kappa shape index (κ1) is 16.0. The molecular formula is C20H18N4O2. The molecule has 0 spiro atoms. The maximum atomic E-state index is 9.46. The van der Waals surface area contributed by atoms with Crippen LogP contribution in [-0.4, -0.2) is 30.5 Å². The highest BCUT2D eigenvalue weighted by atomic mass is 16.5. The molecule has 0 saturated carbocycles. The first-order valence-electron chi connectivity index (χ1n) is 8.35. The Hall–Kier alpha value is -3.46. The molecule has 0 fully saturated rings. The zero-order valence-electron chi connectivity index (χ0n) is 14.6. The second kappa shape index (κ2) is 6.45. The predicted molar refractivity (Wildman–Crippen MR) is 99.0 cm³/mol. The van der Waals surface area contributed by atoms with Crippen molar-refractivity contribution < 1.29 is 9.47 Å². The summed E-state index contributed by atoms with van der Waals surface area (Å²) in [7, 11) is 3.28. The lowest BCUT2D eigenvalue weighted by atomic mass is 10.0. The molecule has 0 bridgehead atoms. The zero-order valence-corrected chi connectivity index (χ0v) is 14.6. The molecular weight excluding hydrogens is 328 g/mol. The van der Waals surface area contributed by atoms with Gasteiger partial charge in [-0.05, 0) is 30.7 Å². The molecule has 0 saturated heterocycles. The number of fused-ring (bicyclic) bond motifs is 1. The average Bonchev–Trinajstić information content (AvgIpc) is 3.30. The minimum atomic E-state index is 0.574. The maximum absolute atomic E-state index is 9.46. The van der Waals surface area contributed by atoms with E-state index in [1.807, 2.05) is 41.1 Å². The molecule has 1 aromatic heterocycles. The Labute approximate surface area is 151 Å². The van der Waals surface area contributed by atoms with Gasteiger partial charge < -0.3 is 14.8 Å². The molecule has 0 aliphatic carbocycles. The monoisotopic (exact) mass is 346 g/mol. The van der Waals surface area contributed by atoms with E-state index in [1.165, 1.54) is 0 Å². The van der Waals surface area contributed by atoms with Crippen molar-refractivity contribution in [1.82, 2.24) is 9.78 Å². The first-order valence-corrected chi connectivity index (χ1v) is 8.35. The summed E-state index contributed by atoms with van der Waals surface area (Å²) in [5.41, 5.74) is 4.06. The van der Waals surface area contributed by atoms with E-state index >= 15 is 0 Å². The van der Waals surface area contributed by atoms with Crippen LogP contribution in [0.1, 0.15) is 11.1 Å². The van der Waals surface area contributed by atoms with Crippen LogP contribution < -0.4 is 14.8 Å². The van der Waals surface area contributed by atoms with Crippen LogP contribution in [0.5, 0.6) is 11.5 Å². The zero-order chi connectivity index (χ0) is 18.1. The van der Waals surface area contributed by atoms with Gasteiger partial charge in [-0.3, -0.25) is 0 Å². The number of aromatic nitrogens is 2. The van der Waals surface area contributed by atoms with Crippen molar-refractivity contribution in [3.63, 3.8) is 0 Å². The molecule has 6 heteroatoms. The van der Waals surface area contributed by atoms with Crippen LogP contribution in [-0.2, 0) is 6.42 Å². The van der Waals surface area contributed by atoms with E-state index in [9.17, 15) is 5.26 Å². The number of nitrogens with one attached hydrogen (secondary N) is 1. The summed E-state index contributed by atoms with van der Waals surface area (Å²) >= 11 is 0. The summed E-state index contributed by atoms with van der Waals surface area (Å²) in [6.45, 7) is 0.826. The summed E-state index contributed by atoms with van der Waals surface area (Å²) in [5.74, 6) is 2.32. The number of ether oxygens (including phenoxy) is 2. The first-order chi connectivity index (χ1) is 12.8. The second-order valence-corrected chi connectivity index (χ2v) is 5.93. The Morgan fingerprint density at radius 1 is 1.08 bits per heavy atom. The highest BCUT2D eigenvalue weighted by Crippen LogP contribution is 2.43. The van der Waals surface area contributed by atoms with Gasteiger partial charge in [0.15, 0.2) is 0 Å². The molecule has 2 heterocycles. The van der Waals surface area contributed by atoms with E-state index in [2.05, 4.69) is 11.4 Å². The van der Waals surface area contributed by atoms with Crippen molar-refractivity contribution in [3.8, 4) is 34.5 Å². The van der Waals surface area contributed by atoms with E-state index in [0.29, 0.717) is 17.1 Å². The van der Waals surface area contributed by atoms with Crippen LogP contribution in [0.4, 0.5) is 5.82 Å². The van der Waals surface area contributed by atoms with Crippen LogP contribution in [0, 0.1) is 11.3 Å². The van der Waals surface area contributed by atoms with Gasteiger partial charge in [-0.2, -0.15) is 10.4 Å².